The molecule has 0 fully saturated rings. The third-order valence-corrected chi connectivity index (χ3v) is 2.96. The molecular weight excluding hydrogens is 251 g/mol. The highest BCUT2D eigenvalue weighted by atomic mass is 35.5. The highest BCUT2D eigenvalue weighted by Crippen LogP contribution is 2.20. The standard InChI is InChI=1S/C15H12ClFO/c1-9-5-11(8-12(16)6-9)15(18)14-4-3-13(17)7-10(14)2/h3-8H,1-2H3. The molecule has 2 rings (SSSR count). The number of hydrogen-bond donors (Lipinski definition) is 0. The van der Waals surface area contributed by atoms with E-state index in [2.05, 4.69) is 0 Å². The Bertz CT molecular complexity index is 600. The SMILES string of the molecule is Cc1cc(Cl)cc(C(=O)c2ccc(F)cc2C)c1. The number of ketones is 1. The fourth-order valence-corrected chi connectivity index (χ4v) is 2.19. The molecule has 0 spiro atoms. The van der Waals surface area contributed by atoms with Gasteiger partial charge in [-0.2, -0.15) is 0 Å². The maximum Gasteiger partial charge on any atom is 0.193 e. The molecule has 0 N–H and O–H groups in total. The number of benzene rings is 2. The Balaban J connectivity index is 2.47. The summed E-state index contributed by atoms with van der Waals surface area (Å²) in [7, 11) is 0. The van der Waals surface area contributed by atoms with Gasteiger partial charge in [0, 0.05) is 16.1 Å². The first-order chi connectivity index (χ1) is 8.47. The molecule has 0 aliphatic rings. The van der Waals surface area contributed by atoms with Crippen molar-refractivity contribution in [2.75, 3.05) is 0 Å². The summed E-state index contributed by atoms with van der Waals surface area (Å²) in [5, 5.41) is 0.526. The molecule has 2 aromatic carbocycles. The molecule has 92 valence electrons. The normalized spacial score (nSPS) is 10.4. The van der Waals surface area contributed by atoms with Crippen molar-refractivity contribution >= 4 is 17.4 Å². The molecule has 1 nitrogen and oxygen atoms in total. The summed E-state index contributed by atoms with van der Waals surface area (Å²) in [4.78, 5) is 12.3. The predicted octanol–water partition coefficient (Wildman–Crippen LogP) is 4.33. The summed E-state index contributed by atoms with van der Waals surface area (Å²) in [6, 6.07) is 9.33. The molecule has 0 saturated heterocycles. The molecule has 0 aliphatic carbocycles. The maximum absolute atomic E-state index is 13.0. The van der Waals surface area contributed by atoms with Crippen LogP contribution in [0.3, 0.4) is 0 Å². The van der Waals surface area contributed by atoms with Gasteiger partial charge in [0.25, 0.3) is 0 Å². The molecule has 2 aromatic rings. The van der Waals surface area contributed by atoms with Crippen molar-refractivity contribution in [3.05, 3.63) is 69.5 Å². The van der Waals surface area contributed by atoms with Gasteiger partial charge in [0.15, 0.2) is 5.78 Å². The average molecular weight is 263 g/mol. The second-order valence-corrected chi connectivity index (χ2v) is 4.74. The summed E-state index contributed by atoms with van der Waals surface area (Å²) >= 11 is 5.93. The molecule has 0 aliphatic heterocycles. The van der Waals surface area contributed by atoms with Crippen LogP contribution in [-0.4, -0.2) is 5.78 Å². The second-order valence-electron chi connectivity index (χ2n) is 4.31. The largest absolute Gasteiger partial charge is 0.289 e. The van der Waals surface area contributed by atoms with Gasteiger partial charge in [0.05, 0.1) is 0 Å². The van der Waals surface area contributed by atoms with Crippen molar-refractivity contribution < 1.29 is 9.18 Å². The lowest BCUT2D eigenvalue weighted by Gasteiger charge is -2.06. The molecule has 0 aromatic heterocycles. The van der Waals surface area contributed by atoms with Crippen LogP contribution in [-0.2, 0) is 0 Å². The third-order valence-electron chi connectivity index (χ3n) is 2.74. The zero-order chi connectivity index (χ0) is 13.3. The van der Waals surface area contributed by atoms with Gasteiger partial charge in [-0.15, -0.1) is 0 Å². The van der Waals surface area contributed by atoms with Gasteiger partial charge in [-0.05, 0) is 61.4 Å². The Labute approximate surface area is 110 Å². The summed E-state index contributed by atoms with van der Waals surface area (Å²) < 4.78 is 13.0. The van der Waals surface area contributed by atoms with Crippen molar-refractivity contribution in [3.8, 4) is 0 Å². The average Bonchev–Trinajstić information content (AvgIpc) is 2.26. The van der Waals surface area contributed by atoms with Gasteiger partial charge in [0.1, 0.15) is 5.82 Å². The Hall–Kier alpha value is -1.67. The second kappa shape index (κ2) is 4.91. The minimum absolute atomic E-state index is 0.141. The van der Waals surface area contributed by atoms with E-state index in [4.69, 9.17) is 11.6 Å². The summed E-state index contributed by atoms with van der Waals surface area (Å²) in [6.45, 7) is 3.59. The molecule has 0 radical (unpaired) electrons. The molecule has 0 amide bonds. The monoisotopic (exact) mass is 262 g/mol. The number of carbonyl (C=O) groups is 1. The Kier molecular flexibility index (Phi) is 3.48. The van der Waals surface area contributed by atoms with Crippen molar-refractivity contribution in [2.45, 2.75) is 13.8 Å². The highest BCUT2D eigenvalue weighted by molar-refractivity contribution is 6.31. The van der Waals surface area contributed by atoms with Crippen LogP contribution in [0.15, 0.2) is 36.4 Å². The van der Waals surface area contributed by atoms with Gasteiger partial charge >= 0.3 is 0 Å². The molecule has 0 unspecified atom stereocenters. The highest BCUT2D eigenvalue weighted by Gasteiger charge is 2.13. The molecule has 0 atom stereocenters. The first-order valence-electron chi connectivity index (χ1n) is 5.55. The molecule has 0 saturated carbocycles. The van der Waals surface area contributed by atoms with E-state index in [1.54, 1.807) is 25.1 Å². The fraction of sp³-hybridized carbons (Fsp3) is 0.133. The first kappa shape index (κ1) is 12.8. The van der Waals surface area contributed by atoms with E-state index in [9.17, 15) is 9.18 Å². The first-order valence-corrected chi connectivity index (χ1v) is 5.93. The van der Waals surface area contributed by atoms with Gasteiger partial charge in [-0.3, -0.25) is 4.79 Å². The van der Waals surface area contributed by atoms with E-state index in [0.29, 0.717) is 21.7 Å². The molecular formula is C15H12ClFO. The van der Waals surface area contributed by atoms with Crippen LogP contribution in [0.25, 0.3) is 0 Å². The topological polar surface area (TPSA) is 17.1 Å². The number of aryl methyl sites for hydroxylation is 2. The number of halogens is 2. The minimum Gasteiger partial charge on any atom is -0.289 e. The summed E-state index contributed by atoms with van der Waals surface area (Å²) in [5.41, 5.74) is 2.57. The zero-order valence-corrected chi connectivity index (χ0v) is 10.9. The fourth-order valence-electron chi connectivity index (χ4n) is 1.90. The number of rotatable bonds is 2. The van der Waals surface area contributed by atoms with Gasteiger partial charge in [-0.25, -0.2) is 4.39 Å². The van der Waals surface area contributed by atoms with Crippen molar-refractivity contribution in [1.29, 1.82) is 0 Å². The van der Waals surface area contributed by atoms with Crippen molar-refractivity contribution in [2.24, 2.45) is 0 Å². The van der Waals surface area contributed by atoms with Crippen LogP contribution < -0.4 is 0 Å². The molecule has 0 heterocycles. The van der Waals surface area contributed by atoms with Crippen LogP contribution in [0.5, 0.6) is 0 Å². The van der Waals surface area contributed by atoms with Gasteiger partial charge in [-0.1, -0.05) is 11.6 Å². The molecule has 3 heteroatoms. The Morgan fingerprint density at radius 1 is 1.11 bits per heavy atom. The number of carbonyl (C=O) groups excluding carboxylic acids is 1. The van der Waals surface area contributed by atoms with Crippen LogP contribution in [0.1, 0.15) is 27.0 Å². The van der Waals surface area contributed by atoms with Gasteiger partial charge < -0.3 is 0 Å². The summed E-state index contributed by atoms with van der Waals surface area (Å²) in [5.74, 6) is -0.482. The van der Waals surface area contributed by atoms with E-state index in [0.717, 1.165) is 5.56 Å². The van der Waals surface area contributed by atoms with Crippen molar-refractivity contribution in [3.63, 3.8) is 0 Å². The zero-order valence-electron chi connectivity index (χ0n) is 10.1. The Morgan fingerprint density at radius 2 is 1.83 bits per heavy atom. The maximum atomic E-state index is 13.0. The Morgan fingerprint density at radius 3 is 2.44 bits per heavy atom. The number of hydrogen-bond acceptors (Lipinski definition) is 1. The minimum atomic E-state index is -0.341. The smallest absolute Gasteiger partial charge is 0.193 e. The lowest BCUT2D eigenvalue weighted by atomic mass is 9.98. The van der Waals surface area contributed by atoms with E-state index in [1.807, 2.05) is 6.92 Å². The van der Waals surface area contributed by atoms with Gasteiger partial charge in [0.2, 0.25) is 0 Å². The van der Waals surface area contributed by atoms with E-state index >= 15 is 0 Å². The quantitative estimate of drug-likeness (QED) is 0.737. The van der Waals surface area contributed by atoms with Crippen LogP contribution in [0.4, 0.5) is 4.39 Å². The molecule has 18 heavy (non-hydrogen) atoms. The van der Waals surface area contributed by atoms with Crippen LogP contribution in [0, 0.1) is 19.7 Å². The lowest BCUT2D eigenvalue weighted by Crippen LogP contribution is -2.04. The van der Waals surface area contributed by atoms with Crippen LogP contribution in [0.2, 0.25) is 5.02 Å². The van der Waals surface area contributed by atoms with E-state index in [-0.39, 0.29) is 11.6 Å². The van der Waals surface area contributed by atoms with Crippen molar-refractivity contribution in [1.82, 2.24) is 0 Å². The predicted molar refractivity (Wildman–Crippen MR) is 70.8 cm³/mol. The van der Waals surface area contributed by atoms with E-state index < -0.39 is 0 Å². The molecule has 0 bridgehead atoms. The van der Waals surface area contributed by atoms with E-state index in [1.165, 1.54) is 18.2 Å². The lowest BCUT2D eigenvalue weighted by molar-refractivity contribution is 0.103. The van der Waals surface area contributed by atoms with Crippen LogP contribution >= 0.6 is 11.6 Å². The third kappa shape index (κ3) is 2.59. The summed E-state index contributed by atoms with van der Waals surface area (Å²) in [6.07, 6.45) is 0.